The number of rotatable bonds is 10. The SMILES string of the molecule is NCC(O)CNC(=O)c1ccc(C(F)(F)c2cc(Cl)nc(N3CCN(S(=O)(=O)c4ccc(N5CC(N)CC5=O)cc4)CC3)c2)cc1. The third-order valence-electron chi connectivity index (χ3n) is 7.93. The Kier molecular flexibility index (Phi) is 9.91. The van der Waals surface area contributed by atoms with E-state index in [9.17, 15) is 23.1 Å². The van der Waals surface area contributed by atoms with Crippen molar-refractivity contribution in [1.29, 1.82) is 0 Å². The number of alkyl halides is 2. The number of pyridine rings is 1. The zero-order valence-corrected chi connectivity index (χ0v) is 26.2. The van der Waals surface area contributed by atoms with Gasteiger partial charge in [-0.25, -0.2) is 13.4 Å². The first kappa shape index (κ1) is 33.6. The van der Waals surface area contributed by atoms with Gasteiger partial charge in [0, 0.05) is 80.7 Å². The number of benzene rings is 2. The van der Waals surface area contributed by atoms with Crippen molar-refractivity contribution in [3.63, 3.8) is 0 Å². The van der Waals surface area contributed by atoms with Crippen LogP contribution < -0.4 is 26.6 Å². The van der Waals surface area contributed by atoms with Gasteiger partial charge >= 0.3 is 0 Å². The van der Waals surface area contributed by atoms with Gasteiger partial charge in [-0.1, -0.05) is 23.7 Å². The van der Waals surface area contributed by atoms with Crippen LogP contribution in [0.1, 0.15) is 27.9 Å². The Morgan fingerprint density at radius 2 is 1.72 bits per heavy atom. The number of carbonyl (C=O) groups excluding carboxylic acids is 2. The van der Waals surface area contributed by atoms with E-state index in [0.29, 0.717) is 12.2 Å². The molecule has 2 amide bonds. The van der Waals surface area contributed by atoms with Crippen molar-refractivity contribution in [2.24, 2.45) is 11.5 Å². The number of hydrogen-bond acceptors (Lipinski definition) is 9. The van der Waals surface area contributed by atoms with Crippen molar-refractivity contribution in [2.45, 2.75) is 29.4 Å². The second kappa shape index (κ2) is 13.6. The molecule has 46 heavy (non-hydrogen) atoms. The molecular weight excluding hydrogens is 644 g/mol. The zero-order chi connectivity index (χ0) is 33.2. The van der Waals surface area contributed by atoms with Crippen LogP contribution in [0, 0.1) is 0 Å². The van der Waals surface area contributed by atoms with E-state index in [1.54, 1.807) is 17.0 Å². The predicted octanol–water partition coefficient (Wildman–Crippen LogP) is 1.50. The summed E-state index contributed by atoms with van der Waals surface area (Å²) in [6, 6.07) is 12.9. The summed E-state index contributed by atoms with van der Waals surface area (Å²) < 4.78 is 59.3. The Labute approximate surface area is 270 Å². The van der Waals surface area contributed by atoms with Crippen molar-refractivity contribution < 1.29 is 31.9 Å². The highest BCUT2D eigenvalue weighted by Crippen LogP contribution is 2.38. The van der Waals surface area contributed by atoms with Gasteiger partial charge in [-0.05, 0) is 48.5 Å². The maximum Gasteiger partial charge on any atom is 0.298 e. The second-order valence-corrected chi connectivity index (χ2v) is 13.5. The first-order valence-corrected chi connectivity index (χ1v) is 16.3. The minimum absolute atomic E-state index is 0.0362. The van der Waals surface area contributed by atoms with E-state index in [4.69, 9.17) is 23.1 Å². The summed E-state index contributed by atoms with van der Waals surface area (Å²) in [4.78, 5) is 31.9. The van der Waals surface area contributed by atoms with Gasteiger partial charge in [-0.3, -0.25) is 9.59 Å². The number of amides is 2. The Morgan fingerprint density at radius 3 is 2.30 bits per heavy atom. The summed E-state index contributed by atoms with van der Waals surface area (Å²) in [5, 5.41) is 11.8. The molecule has 2 aliphatic heterocycles. The number of anilines is 2. The van der Waals surface area contributed by atoms with Crippen LogP contribution in [-0.2, 0) is 20.7 Å². The first-order valence-electron chi connectivity index (χ1n) is 14.5. The summed E-state index contributed by atoms with van der Waals surface area (Å²) in [6.45, 7) is 0.773. The first-order chi connectivity index (χ1) is 21.8. The molecule has 1 aromatic heterocycles. The number of aliphatic hydroxyl groups excluding tert-OH is 1. The van der Waals surface area contributed by atoms with E-state index >= 15 is 8.78 Å². The number of hydrogen-bond donors (Lipinski definition) is 4. The summed E-state index contributed by atoms with van der Waals surface area (Å²) in [6.07, 6.45) is -0.682. The molecule has 0 bridgehead atoms. The Balaban J connectivity index is 1.25. The number of carbonyl (C=O) groups is 2. The number of piperazine rings is 1. The Bertz CT molecular complexity index is 1690. The molecule has 2 saturated heterocycles. The van der Waals surface area contributed by atoms with Crippen LogP contribution in [0.3, 0.4) is 0 Å². The topological polar surface area (TPSA) is 175 Å². The van der Waals surface area contributed by atoms with Crippen LogP contribution in [0.15, 0.2) is 65.6 Å². The number of halogens is 3. The number of aromatic nitrogens is 1. The molecule has 0 spiro atoms. The average molecular weight is 678 g/mol. The third-order valence-corrected chi connectivity index (χ3v) is 10.0. The fourth-order valence-electron chi connectivity index (χ4n) is 5.31. The van der Waals surface area contributed by atoms with E-state index in [-0.39, 0.29) is 84.6 Å². The van der Waals surface area contributed by atoms with Gasteiger partial charge in [0.15, 0.2) is 0 Å². The van der Waals surface area contributed by atoms with Crippen molar-refractivity contribution in [1.82, 2.24) is 14.6 Å². The number of nitrogens with one attached hydrogen (secondary N) is 1. The fourth-order valence-corrected chi connectivity index (χ4v) is 6.94. The molecule has 16 heteroatoms. The predicted molar refractivity (Wildman–Crippen MR) is 168 cm³/mol. The van der Waals surface area contributed by atoms with Crippen molar-refractivity contribution in [3.05, 3.63) is 82.5 Å². The zero-order valence-electron chi connectivity index (χ0n) is 24.7. The smallest absolute Gasteiger partial charge is 0.298 e. The quantitative estimate of drug-likeness (QED) is 0.232. The monoisotopic (exact) mass is 677 g/mol. The van der Waals surface area contributed by atoms with E-state index < -0.39 is 33.5 Å². The molecule has 12 nitrogen and oxygen atoms in total. The van der Waals surface area contributed by atoms with Gasteiger partial charge in [0.05, 0.1) is 11.0 Å². The van der Waals surface area contributed by atoms with E-state index in [2.05, 4.69) is 10.3 Å². The van der Waals surface area contributed by atoms with Gasteiger partial charge in [0.25, 0.3) is 11.8 Å². The molecule has 3 aromatic rings. The molecule has 2 aliphatic rings. The highest BCUT2D eigenvalue weighted by atomic mass is 35.5. The summed E-state index contributed by atoms with van der Waals surface area (Å²) >= 11 is 6.17. The molecule has 2 atom stereocenters. The van der Waals surface area contributed by atoms with E-state index in [1.165, 1.54) is 39.5 Å². The van der Waals surface area contributed by atoms with Crippen LogP contribution in [-0.4, -0.2) is 92.6 Å². The molecule has 2 aromatic carbocycles. The highest BCUT2D eigenvalue weighted by Gasteiger charge is 2.36. The van der Waals surface area contributed by atoms with Gasteiger partial charge in [-0.2, -0.15) is 13.1 Å². The fraction of sp³-hybridized carbons (Fsp3) is 0.367. The number of nitrogens with zero attached hydrogens (tertiary/aromatic N) is 4. The average Bonchev–Trinajstić information content (AvgIpc) is 3.40. The minimum Gasteiger partial charge on any atom is -0.390 e. The molecule has 6 N–H and O–H groups in total. The molecule has 2 fully saturated rings. The summed E-state index contributed by atoms with van der Waals surface area (Å²) in [7, 11) is -3.86. The molecule has 0 saturated carbocycles. The summed E-state index contributed by atoms with van der Waals surface area (Å²) in [5.41, 5.74) is 11.1. The molecule has 0 radical (unpaired) electrons. The lowest BCUT2D eigenvalue weighted by Crippen LogP contribution is -2.49. The highest BCUT2D eigenvalue weighted by molar-refractivity contribution is 7.89. The molecular formula is C30H34ClF2N7O5S. The van der Waals surface area contributed by atoms with Crippen LogP contribution in [0.4, 0.5) is 20.3 Å². The van der Waals surface area contributed by atoms with Crippen LogP contribution in [0.2, 0.25) is 5.15 Å². The van der Waals surface area contributed by atoms with Gasteiger partial charge in [0.2, 0.25) is 15.9 Å². The molecule has 0 aliphatic carbocycles. The van der Waals surface area contributed by atoms with Gasteiger partial charge in [-0.15, -0.1) is 0 Å². The van der Waals surface area contributed by atoms with Crippen molar-refractivity contribution in [2.75, 3.05) is 55.6 Å². The summed E-state index contributed by atoms with van der Waals surface area (Å²) in [5.74, 6) is -3.98. The Morgan fingerprint density at radius 1 is 1.07 bits per heavy atom. The van der Waals surface area contributed by atoms with Crippen LogP contribution in [0.25, 0.3) is 0 Å². The van der Waals surface area contributed by atoms with Crippen molar-refractivity contribution in [3.8, 4) is 0 Å². The molecule has 2 unspecified atom stereocenters. The lowest BCUT2D eigenvalue weighted by molar-refractivity contribution is -0.117. The van der Waals surface area contributed by atoms with Gasteiger partial charge < -0.3 is 31.7 Å². The number of sulfonamides is 1. The standard InChI is InChI=1S/C30H34ClF2N7O5S/c31-26-13-21(30(32,33)20-3-1-19(2-4-20)29(43)36-17-24(41)16-34)14-27(37-26)38-9-11-39(12-10-38)46(44,45)25-7-5-23(6-8-25)40-18-22(35)15-28(40)42/h1-8,13-14,22,24,41H,9-12,15-18,34-35H2,(H,36,43). The largest absolute Gasteiger partial charge is 0.390 e. The maximum atomic E-state index is 15.7. The minimum atomic E-state index is -3.86. The Hall–Kier alpha value is -3.73. The maximum absolute atomic E-state index is 15.7. The lowest BCUT2D eigenvalue weighted by atomic mass is 9.99. The van der Waals surface area contributed by atoms with E-state index in [1.807, 2.05) is 0 Å². The van der Waals surface area contributed by atoms with Crippen molar-refractivity contribution >= 4 is 44.9 Å². The lowest BCUT2D eigenvalue weighted by Gasteiger charge is -2.35. The normalized spacial score (nSPS) is 18.6. The third kappa shape index (κ3) is 7.14. The molecule has 5 rings (SSSR count). The molecule has 246 valence electrons. The van der Waals surface area contributed by atoms with Crippen LogP contribution >= 0.6 is 11.6 Å². The second-order valence-electron chi connectivity index (χ2n) is 11.1. The number of aliphatic hydroxyl groups is 1. The van der Waals surface area contributed by atoms with E-state index in [0.717, 1.165) is 18.2 Å². The molecule has 3 heterocycles. The van der Waals surface area contributed by atoms with Gasteiger partial charge in [0.1, 0.15) is 11.0 Å². The van der Waals surface area contributed by atoms with Crippen LogP contribution in [0.5, 0.6) is 0 Å². The number of nitrogens with two attached hydrogens (primary N) is 2.